The molecule has 0 saturated carbocycles. The Kier molecular flexibility index (Phi) is 4.35. The maximum Gasteiger partial charge on any atom is 0.282 e. The summed E-state index contributed by atoms with van der Waals surface area (Å²) >= 11 is 0. The van der Waals surface area contributed by atoms with Crippen LogP contribution in [-0.2, 0) is 10.0 Å². The Labute approximate surface area is 126 Å². The maximum absolute atomic E-state index is 11.5. The van der Waals surface area contributed by atoms with E-state index in [2.05, 4.69) is 6.58 Å². The lowest BCUT2D eigenvalue weighted by Gasteiger charge is -2.30. The van der Waals surface area contributed by atoms with Gasteiger partial charge in [0.15, 0.2) is 0 Å². The van der Waals surface area contributed by atoms with Gasteiger partial charge in [-0.1, -0.05) is 49.1 Å². The molecule has 108 valence electrons. The second kappa shape index (κ2) is 6.03. The molecular weight excluding hydrogens is 282 g/mol. The molecule has 0 aliphatic heterocycles. The van der Waals surface area contributed by atoms with Crippen LogP contribution in [0.4, 0.5) is 5.69 Å². The first-order valence-electron chi connectivity index (χ1n) is 6.55. The highest BCUT2D eigenvalue weighted by atomic mass is 28.2. The van der Waals surface area contributed by atoms with Crippen molar-refractivity contribution in [2.24, 2.45) is 0 Å². The van der Waals surface area contributed by atoms with Crippen LogP contribution in [0.25, 0.3) is 6.08 Å². The van der Waals surface area contributed by atoms with Crippen molar-refractivity contribution in [3.63, 3.8) is 0 Å². The lowest BCUT2D eigenvalue weighted by molar-refractivity contribution is -0.386. The molecule has 21 heavy (non-hydrogen) atoms. The number of benzene rings is 2. The second-order valence-corrected chi connectivity index (χ2v) is 5.22. The Morgan fingerprint density at radius 1 is 1.24 bits per heavy atom. The molecule has 0 amide bonds. The average Bonchev–Trinajstić information content (AvgIpc) is 2.54. The molecular formula is C16H17NO3Si. The second-order valence-electron chi connectivity index (χ2n) is 4.81. The molecule has 0 heterocycles. The van der Waals surface area contributed by atoms with Crippen LogP contribution in [0.3, 0.4) is 0 Å². The van der Waals surface area contributed by atoms with Crippen molar-refractivity contribution in [3.05, 3.63) is 81.9 Å². The van der Waals surface area contributed by atoms with Gasteiger partial charge < -0.3 is 4.43 Å². The van der Waals surface area contributed by atoms with Crippen molar-refractivity contribution in [2.75, 3.05) is 0 Å². The van der Waals surface area contributed by atoms with E-state index in [0.717, 1.165) is 5.56 Å². The van der Waals surface area contributed by atoms with Crippen LogP contribution in [0.15, 0.2) is 55.1 Å². The molecule has 0 aliphatic rings. The zero-order valence-corrected chi connectivity index (χ0v) is 14.1. The van der Waals surface area contributed by atoms with Gasteiger partial charge in [0.1, 0.15) is 16.1 Å². The molecule has 0 spiro atoms. The number of nitro benzene ring substituents is 1. The highest BCUT2D eigenvalue weighted by molar-refractivity contribution is 5.98. The SMILES string of the molecule is C=Cc1cccc(C(C)(O[SiH3])c2ccccc2)c1[N+](=O)[O-]. The van der Waals surface area contributed by atoms with E-state index in [-0.39, 0.29) is 10.6 Å². The van der Waals surface area contributed by atoms with Gasteiger partial charge in [-0.3, -0.25) is 10.1 Å². The molecule has 5 heteroatoms. The summed E-state index contributed by atoms with van der Waals surface area (Å²) in [6.07, 6.45) is 1.50. The van der Waals surface area contributed by atoms with E-state index < -0.39 is 5.60 Å². The smallest absolute Gasteiger partial charge is 0.282 e. The number of hydrogen-bond donors (Lipinski definition) is 0. The lowest BCUT2D eigenvalue weighted by Crippen LogP contribution is -2.27. The zero-order chi connectivity index (χ0) is 15.5. The first kappa shape index (κ1) is 15.2. The summed E-state index contributed by atoms with van der Waals surface area (Å²) in [6.45, 7) is 5.52. The minimum atomic E-state index is -0.838. The number of hydrogen-bond acceptors (Lipinski definition) is 3. The summed E-state index contributed by atoms with van der Waals surface area (Å²) in [4.78, 5) is 11.1. The molecule has 0 aliphatic carbocycles. The van der Waals surface area contributed by atoms with Gasteiger partial charge in [-0.25, -0.2) is 0 Å². The monoisotopic (exact) mass is 299 g/mol. The molecule has 0 saturated heterocycles. The molecule has 0 bridgehead atoms. The van der Waals surface area contributed by atoms with Gasteiger partial charge in [0.25, 0.3) is 5.69 Å². The Morgan fingerprint density at radius 2 is 1.90 bits per heavy atom. The third kappa shape index (κ3) is 2.65. The first-order chi connectivity index (χ1) is 10.0. The molecule has 0 aromatic heterocycles. The Hall–Kier alpha value is -2.24. The maximum atomic E-state index is 11.5. The summed E-state index contributed by atoms with van der Waals surface area (Å²) in [6, 6.07) is 14.8. The fraction of sp³-hybridized carbons (Fsp3) is 0.125. The zero-order valence-electron chi connectivity index (χ0n) is 12.1. The van der Waals surface area contributed by atoms with Gasteiger partial charge in [0, 0.05) is 0 Å². The van der Waals surface area contributed by atoms with Crippen molar-refractivity contribution in [1.29, 1.82) is 0 Å². The fourth-order valence-corrected chi connectivity index (χ4v) is 2.91. The van der Waals surface area contributed by atoms with Gasteiger partial charge in [-0.2, -0.15) is 0 Å². The van der Waals surface area contributed by atoms with Crippen LogP contribution in [-0.4, -0.2) is 15.4 Å². The van der Waals surface area contributed by atoms with Gasteiger partial charge in [0.2, 0.25) is 0 Å². The van der Waals surface area contributed by atoms with Crippen LogP contribution in [0.1, 0.15) is 23.6 Å². The van der Waals surface area contributed by atoms with Gasteiger partial charge in [0.05, 0.1) is 16.1 Å². The Balaban J connectivity index is 2.74. The van der Waals surface area contributed by atoms with Gasteiger partial charge in [-0.15, -0.1) is 0 Å². The quantitative estimate of drug-likeness (QED) is 0.484. The minimum Gasteiger partial charge on any atom is -0.414 e. The number of rotatable bonds is 5. The molecule has 2 rings (SSSR count). The highest BCUT2D eigenvalue weighted by Gasteiger charge is 2.35. The topological polar surface area (TPSA) is 52.4 Å². The highest BCUT2D eigenvalue weighted by Crippen LogP contribution is 2.39. The van der Waals surface area contributed by atoms with Gasteiger partial charge in [-0.05, 0) is 24.6 Å². The number of para-hydroxylation sites is 1. The van der Waals surface area contributed by atoms with Crippen molar-refractivity contribution in [2.45, 2.75) is 12.5 Å². The molecule has 2 aromatic rings. The standard InChI is InChI=1S/C16H17NO3Si/c1-3-12-8-7-11-14(15(12)17(18)19)16(2,20-21)13-9-5-4-6-10-13/h3-11H,1H2,2,21H3. The predicted octanol–water partition coefficient (Wildman–Crippen LogP) is 2.80. The normalized spacial score (nSPS) is 13.6. The van der Waals surface area contributed by atoms with E-state index in [1.54, 1.807) is 18.2 Å². The van der Waals surface area contributed by atoms with E-state index in [4.69, 9.17) is 4.43 Å². The molecule has 1 atom stereocenters. The molecule has 0 fully saturated rings. The van der Waals surface area contributed by atoms with Crippen molar-refractivity contribution in [1.82, 2.24) is 0 Å². The van der Waals surface area contributed by atoms with Crippen LogP contribution in [0, 0.1) is 10.1 Å². The van der Waals surface area contributed by atoms with E-state index in [9.17, 15) is 10.1 Å². The van der Waals surface area contributed by atoms with E-state index in [1.807, 2.05) is 37.3 Å². The molecule has 2 aromatic carbocycles. The summed E-state index contributed by atoms with van der Waals surface area (Å²) in [5, 5.41) is 11.5. The Bertz CT molecular complexity index is 672. The summed E-state index contributed by atoms with van der Waals surface area (Å²) in [7, 11) is 0.461. The van der Waals surface area contributed by atoms with E-state index in [1.165, 1.54) is 6.08 Å². The van der Waals surface area contributed by atoms with Crippen molar-refractivity contribution >= 4 is 22.2 Å². The van der Waals surface area contributed by atoms with Crippen LogP contribution in [0.5, 0.6) is 0 Å². The van der Waals surface area contributed by atoms with E-state index in [0.29, 0.717) is 21.6 Å². The third-order valence-electron chi connectivity index (χ3n) is 3.72. The number of nitrogens with zero attached hydrogens (tertiary/aromatic N) is 1. The molecule has 0 radical (unpaired) electrons. The van der Waals surface area contributed by atoms with Crippen LogP contribution in [0.2, 0.25) is 0 Å². The van der Waals surface area contributed by atoms with E-state index >= 15 is 0 Å². The summed E-state index contributed by atoms with van der Waals surface area (Å²) in [5.74, 6) is 0. The first-order valence-corrected chi connectivity index (χ1v) is 7.37. The largest absolute Gasteiger partial charge is 0.414 e. The molecule has 0 N–H and O–H groups in total. The summed E-state index contributed by atoms with van der Waals surface area (Å²) < 4.78 is 5.80. The van der Waals surface area contributed by atoms with Crippen LogP contribution < -0.4 is 0 Å². The van der Waals surface area contributed by atoms with Crippen LogP contribution >= 0.6 is 0 Å². The minimum absolute atomic E-state index is 0.0507. The molecule has 4 nitrogen and oxygen atoms in total. The number of nitro groups is 1. The lowest BCUT2D eigenvalue weighted by atomic mass is 9.86. The van der Waals surface area contributed by atoms with Crippen molar-refractivity contribution in [3.8, 4) is 0 Å². The summed E-state index contributed by atoms with van der Waals surface area (Å²) in [5.41, 5.74) is 1.15. The predicted molar refractivity (Wildman–Crippen MR) is 87.1 cm³/mol. The van der Waals surface area contributed by atoms with Crippen molar-refractivity contribution < 1.29 is 9.35 Å². The van der Waals surface area contributed by atoms with Gasteiger partial charge >= 0.3 is 0 Å². The Morgan fingerprint density at radius 3 is 2.43 bits per heavy atom. The molecule has 1 unspecified atom stereocenters. The third-order valence-corrected chi connectivity index (χ3v) is 4.53. The fourth-order valence-electron chi connectivity index (χ4n) is 2.45. The average molecular weight is 299 g/mol.